The van der Waals surface area contributed by atoms with Gasteiger partial charge in [0.05, 0.1) is 24.1 Å². The van der Waals surface area contributed by atoms with Gasteiger partial charge in [-0.3, -0.25) is 4.79 Å². The number of sulfonamides is 1. The van der Waals surface area contributed by atoms with E-state index in [9.17, 15) is 13.2 Å². The van der Waals surface area contributed by atoms with Crippen LogP contribution in [0.4, 0.5) is 0 Å². The number of benzene rings is 2. The highest BCUT2D eigenvalue weighted by Gasteiger charge is 2.23. The first-order chi connectivity index (χ1) is 12.7. The van der Waals surface area contributed by atoms with Crippen molar-refractivity contribution in [3.8, 4) is 5.75 Å². The zero-order chi connectivity index (χ0) is 20.0. The van der Waals surface area contributed by atoms with Crippen LogP contribution < -0.4 is 10.1 Å². The predicted octanol–water partition coefficient (Wildman–Crippen LogP) is 3.35. The quantitative estimate of drug-likeness (QED) is 0.663. The van der Waals surface area contributed by atoms with Gasteiger partial charge in [0.1, 0.15) is 5.75 Å². The van der Waals surface area contributed by atoms with Crippen LogP contribution in [0.15, 0.2) is 57.9 Å². The monoisotopic (exact) mass is 454 g/mol. The first-order valence-corrected chi connectivity index (χ1v) is 10.7. The predicted molar refractivity (Wildman–Crippen MR) is 108 cm³/mol. The molecule has 8 heteroatoms. The van der Waals surface area contributed by atoms with Crippen molar-refractivity contribution < 1.29 is 17.9 Å². The van der Waals surface area contributed by atoms with E-state index in [4.69, 9.17) is 4.74 Å². The lowest BCUT2D eigenvalue weighted by Gasteiger charge is -2.19. The number of hydrogen-bond donors (Lipinski definition) is 1. The highest BCUT2D eigenvalue weighted by molar-refractivity contribution is 9.10. The fourth-order valence-corrected chi connectivity index (χ4v) is 3.86. The molecule has 0 saturated heterocycles. The topological polar surface area (TPSA) is 75.7 Å². The standard InChI is InChI=1S/C19H23BrN2O4S/c1-4-26-17-9-11-18(12-10-17)27(24,25)22(3)13-19(23)21-14(2)15-5-7-16(20)8-6-15/h5-12,14H,4,13H2,1-3H3,(H,21,23)/t14-/m1/s1. The van der Waals surface area contributed by atoms with Gasteiger partial charge in [0.25, 0.3) is 0 Å². The van der Waals surface area contributed by atoms with E-state index >= 15 is 0 Å². The van der Waals surface area contributed by atoms with Crippen molar-refractivity contribution in [3.63, 3.8) is 0 Å². The molecule has 0 fully saturated rings. The molecule has 1 N–H and O–H groups in total. The molecule has 0 saturated carbocycles. The summed E-state index contributed by atoms with van der Waals surface area (Å²) in [5, 5.41) is 2.82. The van der Waals surface area contributed by atoms with Crippen LogP contribution in [-0.2, 0) is 14.8 Å². The van der Waals surface area contributed by atoms with Crippen molar-refractivity contribution >= 4 is 31.9 Å². The molecular weight excluding hydrogens is 432 g/mol. The molecule has 2 aromatic carbocycles. The molecule has 0 aromatic heterocycles. The molecule has 6 nitrogen and oxygen atoms in total. The second-order valence-corrected chi connectivity index (χ2v) is 8.97. The Labute approximate surface area is 168 Å². The summed E-state index contributed by atoms with van der Waals surface area (Å²) in [6.07, 6.45) is 0. The normalized spacial score (nSPS) is 12.6. The molecule has 0 unspecified atom stereocenters. The summed E-state index contributed by atoms with van der Waals surface area (Å²) in [7, 11) is -2.38. The molecule has 0 radical (unpaired) electrons. The number of nitrogens with zero attached hydrogens (tertiary/aromatic N) is 1. The van der Waals surface area contributed by atoms with Crippen LogP contribution >= 0.6 is 15.9 Å². The van der Waals surface area contributed by atoms with Crippen molar-refractivity contribution in [3.05, 3.63) is 58.6 Å². The lowest BCUT2D eigenvalue weighted by molar-refractivity contribution is -0.121. The van der Waals surface area contributed by atoms with Crippen molar-refractivity contribution in [2.24, 2.45) is 0 Å². The van der Waals surface area contributed by atoms with Gasteiger partial charge in [-0.05, 0) is 55.8 Å². The van der Waals surface area contributed by atoms with E-state index in [2.05, 4.69) is 21.2 Å². The molecular formula is C19H23BrN2O4S. The van der Waals surface area contributed by atoms with E-state index in [1.807, 2.05) is 38.1 Å². The van der Waals surface area contributed by atoms with E-state index in [1.165, 1.54) is 19.2 Å². The van der Waals surface area contributed by atoms with Gasteiger partial charge in [-0.1, -0.05) is 28.1 Å². The van der Waals surface area contributed by atoms with Crippen LogP contribution in [0.1, 0.15) is 25.5 Å². The van der Waals surface area contributed by atoms with Gasteiger partial charge in [-0.15, -0.1) is 0 Å². The molecule has 1 atom stereocenters. The molecule has 1 amide bonds. The third-order valence-corrected chi connectivity index (χ3v) is 6.30. The fourth-order valence-electron chi connectivity index (χ4n) is 2.46. The van der Waals surface area contributed by atoms with Crippen LogP contribution in [0, 0.1) is 0 Å². The summed E-state index contributed by atoms with van der Waals surface area (Å²) < 4.78 is 32.6. The average molecular weight is 455 g/mol. The Morgan fingerprint density at radius 1 is 1.15 bits per heavy atom. The van der Waals surface area contributed by atoms with E-state index in [0.717, 1.165) is 14.3 Å². The Morgan fingerprint density at radius 2 is 1.74 bits per heavy atom. The molecule has 2 aromatic rings. The first kappa shape index (κ1) is 21.4. The van der Waals surface area contributed by atoms with Crippen molar-refractivity contribution in [1.29, 1.82) is 0 Å². The fraction of sp³-hybridized carbons (Fsp3) is 0.316. The summed E-state index contributed by atoms with van der Waals surface area (Å²) in [5.41, 5.74) is 0.934. The minimum Gasteiger partial charge on any atom is -0.494 e. The lowest BCUT2D eigenvalue weighted by Crippen LogP contribution is -2.39. The zero-order valence-electron chi connectivity index (χ0n) is 15.5. The highest BCUT2D eigenvalue weighted by atomic mass is 79.9. The van der Waals surface area contributed by atoms with Crippen molar-refractivity contribution in [2.45, 2.75) is 24.8 Å². The molecule has 0 spiro atoms. The van der Waals surface area contributed by atoms with Gasteiger partial charge >= 0.3 is 0 Å². The van der Waals surface area contributed by atoms with E-state index in [-0.39, 0.29) is 23.4 Å². The number of halogens is 1. The summed E-state index contributed by atoms with van der Waals surface area (Å²) in [4.78, 5) is 12.4. The molecule has 0 aliphatic heterocycles. The minimum absolute atomic E-state index is 0.113. The molecule has 0 heterocycles. The third-order valence-electron chi connectivity index (χ3n) is 3.96. The Bertz CT molecular complexity index is 868. The smallest absolute Gasteiger partial charge is 0.243 e. The Morgan fingerprint density at radius 3 is 2.30 bits per heavy atom. The number of likely N-dealkylation sites (N-methyl/N-ethyl adjacent to an activating group) is 1. The number of rotatable bonds is 8. The maximum Gasteiger partial charge on any atom is 0.243 e. The number of hydrogen-bond acceptors (Lipinski definition) is 4. The number of carbonyl (C=O) groups excluding carboxylic acids is 1. The molecule has 146 valence electrons. The second-order valence-electron chi connectivity index (χ2n) is 6.01. The molecule has 0 aliphatic rings. The number of nitrogens with one attached hydrogen (secondary N) is 1. The van der Waals surface area contributed by atoms with Gasteiger partial charge in [-0.25, -0.2) is 8.42 Å². The Kier molecular flexibility index (Phi) is 7.41. The molecule has 2 rings (SSSR count). The van der Waals surface area contributed by atoms with Crippen LogP contribution in [0.2, 0.25) is 0 Å². The van der Waals surface area contributed by atoms with Crippen LogP contribution in [0.3, 0.4) is 0 Å². The summed E-state index contributed by atoms with van der Waals surface area (Å²) in [6.45, 7) is 3.94. The maximum atomic E-state index is 12.6. The van der Waals surface area contributed by atoms with Crippen LogP contribution in [-0.4, -0.2) is 38.8 Å². The van der Waals surface area contributed by atoms with Crippen LogP contribution in [0.25, 0.3) is 0 Å². The number of carbonyl (C=O) groups is 1. The maximum absolute atomic E-state index is 12.6. The largest absolute Gasteiger partial charge is 0.494 e. The number of ether oxygens (including phenoxy) is 1. The Balaban J connectivity index is 2.00. The minimum atomic E-state index is -3.76. The number of amides is 1. The zero-order valence-corrected chi connectivity index (χ0v) is 17.9. The molecule has 27 heavy (non-hydrogen) atoms. The summed E-state index contributed by atoms with van der Waals surface area (Å²) >= 11 is 3.37. The van der Waals surface area contributed by atoms with E-state index in [0.29, 0.717) is 12.4 Å². The van der Waals surface area contributed by atoms with Gasteiger partial charge in [-0.2, -0.15) is 4.31 Å². The SMILES string of the molecule is CCOc1ccc(S(=O)(=O)N(C)CC(=O)N[C@H](C)c2ccc(Br)cc2)cc1. The molecule has 0 bridgehead atoms. The van der Waals surface area contributed by atoms with E-state index < -0.39 is 10.0 Å². The molecule has 0 aliphatic carbocycles. The average Bonchev–Trinajstić information content (AvgIpc) is 2.62. The third kappa shape index (κ3) is 5.79. The van der Waals surface area contributed by atoms with Crippen molar-refractivity contribution in [2.75, 3.05) is 20.2 Å². The van der Waals surface area contributed by atoms with Crippen LogP contribution in [0.5, 0.6) is 5.75 Å². The summed E-state index contributed by atoms with van der Waals surface area (Å²) in [6, 6.07) is 13.5. The van der Waals surface area contributed by atoms with Gasteiger partial charge < -0.3 is 10.1 Å². The van der Waals surface area contributed by atoms with Gasteiger partial charge in [0.15, 0.2) is 0 Å². The Hall–Kier alpha value is -1.90. The summed E-state index contributed by atoms with van der Waals surface area (Å²) in [5.74, 6) is 0.225. The van der Waals surface area contributed by atoms with Gasteiger partial charge in [0, 0.05) is 11.5 Å². The van der Waals surface area contributed by atoms with E-state index in [1.54, 1.807) is 12.1 Å². The second kappa shape index (κ2) is 9.34. The van der Waals surface area contributed by atoms with Crippen molar-refractivity contribution in [1.82, 2.24) is 9.62 Å². The first-order valence-electron chi connectivity index (χ1n) is 8.48. The highest BCUT2D eigenvalue weighted by Crippen LogP contribution is 2.19. The lowest BCUT2D eigenvalue weighted by atomic mass is 10.1. The van der Waals surface area contributed by atoms with Gasteiger partial charge in [0.2, 0.25) is 15.9 Å².